The Bertz CT molecular complexity index is 767. The fraction of sp³-hybridized carbons (Fsp3) is 0.333. The number of nitriles is 1. The predicted molar refractivity (Wildman–Crippen MR) is 97.5 cm³/mol. The van der Waals surface area contributed by atoms with Gasteiger partial charge in [-0.15, -0.1) is 0 Å². The van der Waals surface area contributed by atoms with Crippen molar-refractivity contribution in [3.8, 4) is 17.6 Å². The van der Waals surface area contributed by atoms with Crippen LogP contribution < -0.4 is 10.1 Å². The third-order valence-corrected chi connectivity index (χ3v) is 4.72. The molecule has 0 saturated heterocycles. The van der Waals surface area contributed by atoms with Gasteiger partial charge in [0.05, 0.1) is 6.07 Å². The van der Waals surface area contributed by atoms with Crippen LogP contribution in [-0.4, -0.2) is 5.91 Å². The zero-order valence-corrected chi connectivity index (χ0v) is 14.4. The van der Waals surface area contributed by atoms with Gasteiger partial charge in [-0.3, -0.25) is 4.79 Å². The second-order valence-corrected chi connectivity index (χ2v) is 6.65. The maximum Gasteiger partial charge on any atom is 0.244 e. The third kappa shape index (κ3) is 4.00. The SMILES string of the molecule is Cc1ccc(Oc2ccc(NC(=O)C3(C#N)CCCCC3)cc2)cc1. The van der Waals surface area contributed by atoms with Crippen LogP contribution in [0.25, 0.3) is 0 Å². The molecule has 1 aliphatic carbocycles. The molecule has 1 fully saturated rings. The first-order valence-corrected chi connectivity index (χ1v) is 8.69. The molecular weight excluding hydrogens is 312 g/mol. The standard InChI is InChI=1S/C21H22N2O2/c1-16-5-9-18(10-6-16)25-19-11-7-17(8-12-19)23-20(24)21(15-22)13-3-2-4-14-21/h5-12H,2-4,13-14H2,1H3,(H,23,24). The van der Waals surface area contributed by atoms with Gasteiger partial charge in [-0.1, -0.05) is 37.0 Å². The lowest BCUT2D eigenvalue weighted by atomic mass is 9.74. The summed E-state index contributed by atoms with van der Waals surface area (Å²) in [6, 6.07) is 17.3. The fourth-order valence-corrected chi connectivity index (χ4v) is 3.14. The molecule has 0 atom stereocenters. The van der Waals surface area contributed by atoms with Gasteiger partial charge in [0.25, 0.3) is 0 Å². The quantitative estimate of drug-likeness (QED) is 0.836. The van der Waals surface area contributed by atoms with Crippen molar-refractivity contribution in [2.75, 3.05) is 5.32 Å². The van der Waals surface area contributed by atoms with Crippen LogP contribution in [0.3, 0.4) is 0 Å². The number of rotatable bonds is 4. The van der Waals surface area contributed by atoms with Gasteiger partial charge in [-0.25, -0.2) is 0 Å². The van der Waals surface area contributed by atoms with Gasteiger partial charge in [-0.2, -0.15) is 5.26 Å². The number of carbonyl (C=O) groups excluding carboxylic acids is 1. The molecule has 4 nitrogen and oxygen atoms in total. The summed E-state index contributed by atoms with van der Waals surface area (Å²) in [5.74, 6) is 1.28. The van der Waals surface area contributed by atoms with E-state index in [0.717, 1.165) is 25.0 Å². The van der Waals surface area contributed by atoms with Gasteiger partial charge in [-0.05, 0) is 56.2 Å². The first-order chi connectivity index (χ1) is 12.1. The Balaban J connectivity index is 1.65. The van der Waals surface area contributed by atoms with E-state index in [0.29, 0.717) is 24.3 Å². The smallest absolute Gasteiger partial charge is 0.244 e. The summed E-state index contributed by atoms with van der Waals surface area (Å²) in [5, 5.41) is 12.4. The van der Waals surface area contributed by atoms with Crippen LogP contribution in [0.4, 0.5) is 5.69 Å². The van der Waals surface area contributed by atoms with Gasteiger partial charge >= 0.3 is 0 Å². The summed E-state index contributed by atoms with van der Waals surface area (Å²) < 4.78 is 5.79. The van der Waals surface area contributed by atoms with Crippen molar-refractivity contribution < 1.29 is 9.53 Å². The highest BCUT2D eigenvalue weighted by Crippen LogP contribution is 2.37. The minimum atomic E-state index is -0.880. The molecule has 0 aliphatic heterocycles. The summed E-state index contributed by atoms with van der Waals surface area (Å²) in [6.07, 6.45) is 4.25. The van der Waals surface area contributed by atoms with Gasteiger partial charge in [0.2, 0.25) is 5.91 Å². The van der Waals surface area contributed by atoms with Crippen molar-refractivity contribution in [3.05, 3.63) is 54.1 Å². The molecule has 2 aromatic rings. The molecule has 0 bridgehead atoms. The normalized spacial score (nSPS) is 15.8. The van der Waals surface area contributed by atoms with Crippen LogP contribution >= 0.6 is 0 Å². The number of nitrogens with zero attached hydrogens (tertiary/aromatic N) is 1. The molecule has 128 valence electrons. The number of amides is 1. The number of benzene rings is 2. The highest BCUT2D eigenvalue weighted by molar-refractivity contribution is 5.97. The Morgan fingerprint density at radius 2 is 1.56 bits per heavy atom. The maximum absolute atomic E-state index is 12.6. The third-order valence-electron chi connectivity index (χ3n) is 4.72. The predicted octanol–water partition coefficient (Wildman–Crippen LogP) is 5.20. The van der Waals surface area contributed by atoms with Crippen LogP contribution in [0, 0.1) is 23.7 Å². The van der Waals surface area contributed by atoms with E-state index >= 15 is 0 Å². The summed E-state index contributed by atoms with van der Waals surface area (Å²) in [7, 11) is 0. The van der Waals surface area contributed by atoms with E-state index in [-0.39, 0.29) is 5.91 Å². The Morgan fingerprint density at radius 1 is 1.00 bits per heavy atom. The Labute approximate surface area is 148 Å². The number of nitrogens with one attached hydrogen (secondary N) is 1. The zero-order chi connectivity index (χ0) is 17.7. The lowest BCUT2D eigenvalue weighted by Gasteiger charge is -2.29. The van der Waals surface area contributed by atoms with Crippen molar-refractivity contribution in [1.82, 2.24) is 0 Å². The van der Waals surface area contributed by atoms with E-state index in [1.165, 1.54) is 5.56 Å². The average molecular weight is 334 g/mol. The van der Waals surface area contributed by atoms with Gasteiger partial charge in [0, 0.05) is 5.69 Å². The number of carbonyl (C=O) groups is 1. The topological polar surface area (TPSA) is 62.1 Å². The van der Waals surface area contributed by atoms with Crippen molar-refractivity contribution in [1.29, 1.82) is 5.26 Å². The van der Waals surface area contributed by atoms with Gasteiger partial charge in [0.1, 0.15) is 16.9 Å². The van der Waals surface area contributed by atoms with E-state index in [2.05, 4.69) is 11.4 Å². The van der Waals surface area contributed by atoms with Crippen LogP contribution in [-0.2, 0) is 4.79 Å². The first kappa shape index (κ1) is 17.0. The molecule has 4 heteroatoms. The molecule has 1 N–H and O–H groups in total. The Morgan fingerprint density at radius 3 is 2.12 bits per heavy atom. The molecule has 0 aromatic heterocycles. The van der Waals surface area contributed by atoms with Crippen molar-refractivity contribution in [2.45, 2.75) is 39.0 Å². The van der Waals surface area contributed by atoms with Crippen LogP contribution in [0.5, 0.6) is 11.5 Å². The minimum Gasteiger partial charge on any atom is -0.457 e. The Hall–Kier alpha value is -2.80. The summed E-state index contributed by atoms with van der Waals surface area (Å²) in [5.41, 5.74) is 0.982. The molecule has 0 radical (unpaired) electrons. The van der Waals surface area contributed by atoms with E-state index in [1.54, 1.807) is 12.1 Å². The molecule has 25 heavy (non-hydrogen) atoms. The van der Waals surface area contributed by atoms with Crippen LogP contribution in [0.2, 0.25) is 0 Å². The van der Waals surface area contributed by atoms with E-state index in [1.807, 2.05) is 43.3 Å². The molecule has 0 spiro atoms. The lowest BCUT2D eigenvalue weighted by molar-refractivity contribution is -0.124. The molecule has 2 aromatic carbocycles. The molecule has 1 amide bonds. The van der Waals surface area contributed by atoms with Crippen molar-refractivity contribution >= 4 is 11.6 Å². The summed E-state index contributed by atoms with van der Waals surface area (Å²) in [4.78, 5) is 12.6. The van der Waals surface area contributed by atoms with E-state index in [4.69, 9.17) is 4.74 Å². The number of anilines is 1. The van der Waals surface area contributed by atoms with Crippen LogP contribution in [0.1, 0.15) is 37.7 Å². The number of hydrogen-bond donors (Lipinski definition) is 1. The minimum absolute atomic E-state index is 0.193. The van der Waals surface area contributed by atoms with Gasteiger partial charge < -0.3 is 10.1 Å². The number of ether oxygens (including phenoxy) is 1. The summed E-state index contributed by atoms with van der Waals surface area (Å²) in [6.45, 7) is 2.03. The molecule has 1 aliphatic rings. The summed E-state index contributed by atoms with van der Waals surface area (Å²) >= 11 is 0. The largest absolute Gasteiger partial charge is 0.457 e. The number of aryl methyl sites for hydroxylation is 1. The molecule has 3 rings (SSSR count). The first-order valence-electron chi connectivity index (χ1n) is 8.69. The van der Waals surface area contributed by atoms with E-state index < -0.39 is 5.41 Å². The highest BCUT2D eigenvalue weighted by atomic mass is 16.5. The fourth-order valence-electron chi connectivity index (χ4n) is 3.14. The lowest BCUT2D eigenvalue weighted by Crippen LogP contribution is -2.36. The molecular formula is C21H22N2O2. The number of hydrogen-bond acceptors (Lipinski definition) is 3. The molecule has 0 unspecified atom stereocenters. The second-order valence-electron chi connectivity index (χ2n) is 6.65. The molecule has 0 heterocycles. The van der Waals surface area contributed by atoms with Crippen LogP contribution in [0.15, 0.2) is 48.5 Å². The van der Waals surface area contributed by atoms with Crippen molar-refractivity contribution in [3.63, 3.8) is 0 Å². The average Bonchev–Trinajstić information content (AvgIpc) is 2.65. The highest BCUT2D eigenvalue weighted by Gasteiger charge is 2.39. The van der Waals surface area contributed by atoms with Crippen molar-refractivity contribution in [2.24, 2.45) is 5.41 Å². The van der Waals surface area contributed by atoms with E-state index in [9.17, 15) is 10.1 Å². The second kappa shape index (κ2) is 7.40. The van der Waals surface area contributed by atoms with Gasteiger partial charge in [0.15, 0.2) is 0 Å². The zero-order valence-electron chi connectivity index (χ0n) is 14.4. The molecule has 1 saturated carbocycles. The Kier molecular flexibility index (Phi) is 5.04. The monoisotopic (exact) mass is 334 g/mol. The maximum atomic E-state index is 12.6.